The van der Waals surface area contributed by atoms with E-state index in [0.717, 1.165) is 51.0 Å². The highest BCUT2D eigenvalue weighted by atomic mass is 16.3. The lowest BCUT2D eigenvalue weighted by Crippen LogP contribution is -2.37. The summed E-state index contributed by atoms with van der Waals surface area (Å²) in [5.41, 5.74) is 2.21. The van der Waals surface area contributed by atoms with E-state index in [1.807, 2.05) is 4.90 Å². The average Bonchev–Trinajstić information content (AvgIpc) is 2.56. The minimum absolute atomic E-state index is 0.243. The summed E-state index contributed by atoms with van der Waals surface area (Å²) >= 11 is 0. The van der Waals surface area contributed by atoms with Gasteiger partial charge in [-0.15, -0.1) is 0 Å². The van der Waals surface area contributed by atoms with Crippen molar-refractivity contribution in [2.24, 2.45) is 5.92 Å². The van der Waals surface area contributed by atoms with Gasteiger partial charge in [-0.05, 0) is 55.9 Å². The lowest BCUT2D eigenvalue weighted by molar-refractivity contribution is -0.119. The Morgan fingerprint density at radius 1 is 1.05 bits per heavy atom. The molecule has 1 amide bonds. The molecule has 4 nitrogen and oxygen atoms in total. The smallest absolute Gasteiger partial charge is 0.226 e. The number of benzene rings is 1. The number of carbonyl (C=O) groups is 1. The van der Waals surface area contributed by atoms with Crippen LogP contribution in [0.15, 0.2) is 24.3 Å². The number of anilines is 2. The van der Waals surface area contributed by atoms with Crippen molar-refractivity contribution in [3.8, 4) is 0 Å². The third-order valence-corrected chi connectivity index (χ3v) is 4.63. The summed E-state index contributed by atoms with van der Waals surface area (Å²) in [5, 5.41) is 9.33. The van der Waals surface area contributed by atoms with Crippen LogP contribution in [0.25, 0.3) is 0 Å². The van der Waals surface area contributed by atoms with Gasteiger partial charge in [0.15, 0.2) is 0 Å². The van der Waals surface area contributed by atoms with E-state index in [1.165, 1.54) is 5.69 Å². The average molecular weight is 288 g/mol. The van der Waals surface area contributed by atoms with Crippen molar-refractivity contribution in [1.82, 2.24) is 0 Å². The molecule has 0 saturated carbocycles. The maximum Gasteiger partial charge on any atom is 0.226 e. The summed E-state index contributed by atoms with van der Waals surface area (Å²) in [6.07, 6.45) is 5.04. The zero-order valence-electron chi connectivity index (χ0n) is 12.5. The van der Waals surface area contributed by atoms with E-state index in [0.29, 0.717) is 12.3 Å². The molecule has 3 rings (SSSR count). The molecule has 1 atom stereocenters. The minimum atomic E-state index is 0.243. The van der Waals surface area contributed by atoms with E-state index in [1.54, 1.807) is 0 Å². The molecule has 0 aliphatic carbocycles. The predicted molar refractivity (Wildman–Crippen MR) is 84.7 cm³/mol. The molecule has 0 spiro atoms. The number of nitrogens with zero attached hydrogens (tertiary/aromatic N) is 2. The van der Waals surface area contributed by atoms with Crippen LogP contribution in [0.1, 0.15) is 32.1 Å². The molecule has 1 aromatic carbocycles. The Bertz CT molecular complexity index is 486. The van der Waals surface area contributed by atoms with Gasteiger partial charge in [-0.2, -0.15) is 0 Å². The van der Waals surface area contributed by atoms with Crippen molar-refractivity contribution in [2.45, 2.75) is 32.1 Å². The molecule has 1 unspecified atom stereocenters. The lowest BCUT2D eigenvalue weighted by Gasteiger charge is -2.34. The number of amides is 1. The summed E-state index contributed by atoms with van der Waals surface area (Å²) < 4.78 is 0. The highest BCUT2D eigenvalue weighted by Crippen LogP contribution is 2.27. The van der Waals surface area contributed by atoms with Crippen molar-refractivity contribution in [3.05, 3.63) is 24.3 Å². The monoisotopic (exact) mass is 288 g/mol. The Kier molecular flexibility index (Phi) is 4.44. The van der Waals surface area contributed by atoms with E-state index in [4.69, 9.17) is 0 Å². The summed E-state index contributed by atoms with van der Waals surface area (Å²) in [6, 6.07) is 8.33. The molecule has 21 heavy (non-hydrogen) atoms. The van der Waals surface area contributed by atoms with Gasteiger partial charge in [0.2, 0.25) is 5.91 Å². The first-order valence-corrected chi connectivity index (χ1v) is 8.04. The second-order valence-corrected chi connectivity index (χ2v) is 6.16. The molecule has 2 heterocycles. The molecule has 2 aliphatic rings. The topological polar surface area (TPSA) is 43.8 Å². The van der Waals surface area contributed by atoms with E-state index in [-0.39, 0.29) is 12.5 Å². The molecule has 2 aliphatic heterocycles. The fourth-order valence-corrected chi connectivity index (χ4v) is 3.37. The van der Waals surface area contributed by atoms with Crippen LogP contribution >= 0.6 is 0 Å². The van der Waals surface area contributed by atoms with Crippen LogP contribution in [-0.4, -0.2) is 37.3 Å². The second-order valence-electron chi connectivity index (χ2n) is 6.16. The van der Waals surface area contributed by atoms with Gasteiger partial charge in [-0.1, -0.05) is 0 Å². The quantitative estimate of drug-likeness (QED) is 0.929. The highest BCUT2D eigenvalue weighted by Gasteiger charge is 2.21. The number of hydrogen-bond donors (Lipinski definition) is 1. The van der Waals surface area contributed by atoms with Crippen molar-refractivity contribution in [3.63, 3.8) is 0 Å². The maximum atomic E-state index is 12.0. The third kappa shape index (κ3) is 3.21. The van der Waals surface area contributed by atoms with Gasteiger partial charge in [-0.3, -0.25) is 4.79 Å². The van der Waals surface area contributed by atoms with Gasteiger partial charge in [0.1, 0.15) is 0 Å². The van der Waals surface area contributed by atoms with Crippen LogP contribution in [0.2, 0.25) is 0 Å². The van der Waals surface area contributed by atoms with Gasteiger partial charge in [-0.25, -0.2) is 0 Å². The molecule has 1 aromatic rings. The van der Waals surface area contributed by atoms with Gasteiger partial charge in [0, 0.05) is 44.0 Å². The molecule has 4 heteroatoms. The molecular weight excluding hydrogens is 264 g/mol. The molecule has 2 fully saturated rings. The zero-order chi connectivity index (χ0) is 14.7. The van der Waals surface area contributed by atoms with Crippen molar-refractivity contribution < 1.29 is 9.90 Å². The van der Waals surface area contributed by atoms with Crippen LogP contribution < -0.4 is 9.80 Å². The lowest BCUT2D eigenvalue weighted by atomic mass is 9.98. The number of aliphatic hydroxyl groups is 1. The van der Waals surface area contributed by atoms with Gasteiger partial charge in [0.05, 0.1) is 0 Å². The Morgan fingerprint density at radius 2 is 1.81 bits per heavy atom. The Balaban J connectivity index is 1.70. The summed E-state index contributed by atoms with van der Waals surface area (Å²) in [4.78, 5) is 16.2. The van der Waals surface area contributed by atoms with Gasteiger partial charge < -0.3 is 14.9 Å². The molecule has 0 aromatic heterocycles. The van der Waals surface area contributed by atoms with Crippen LogP contribution in [-0.2, 0) is 4.79 Å². The van der Waals surface area contributed by atoms with E-state index < -0.39 is 0 Å². The van der Waals surface area contributed by atoms with Crippen molar-refractivity contribution in [2.75, 3.05) is 36.0 Å². The standard InChI is InChI=1S/C17H24N2O2/c20-13-14-4-3-10-18(12-14)15-6-8-16(9-7-15)19-11-2-1-5-17(19)21/h6-9,14,20H,1-5,10-13H2. The molecule has 2 saturated heterocycles. The molecule has 114 valence electrons. The van der Waals surface area contributed by atoms with E-state index in [2.05, 4.69) is 29.2 Å². The first-order valence-electron chi connectivity index (χ1n) is 8.04. The number of carbonyl (C=O) groups excluding carboxylic acids is 1. The van der Waals surface area contributed by atoms with E-state index >= 15 is 0 Å². The van der Waals surface area contributed by atoms with Crippen LogP contribution in [0, 0.1) is 5.92 Å². The number of aliphatic hydroxyl groups excluding tert-OH is 1. The highest BCUT2D eigenvalue weighted by molar-refractivity contribution is 5.94. The molecule has 1 N–H and O–H groups in total. The van der Waals surface area contributed by atoms with E-state index in [9.17, 15) is 9.90 Å². The van der Waals surface area contributed by atoms with Crippen LogP contribution in [0.5, 0.6) is 0 Å². The summed E-state index contributed by atoms with van der Waals surface area (Å²) in [7, 11) is 0. The molecular formula is C17H24N2O2. The molecule has 0 radical (unpaired) electrons. The first-order chi connectivity index (χ1) is 10.3. The first kappa shape index (κ1) is 14.4. The number of hydrogen-bond acceptors (Lipinski definition) is 3. The van der Waals surface area contributed by atoms with Crippen LogP contribution in [0.3, 0.4) is 0 Å². The number of piperidine rings is 2. The normalized spacial score (nSPS) is 23.5. The predicted octanol–water partition coefficient (Wildman–Crippen LogP) is 2.41. The van der Waals surface area contributed by atoms with Crippen LogP contribution in [0.4, 0.5) is 11.4 Å². The largest absolute Gasteiger partial charge is 0.396 e. The Morgan fingerprint density at radius 3 is 2.52 bits per heavy atom. The maximum absolute atomic E-state index is 12.0. The van der Waals surface area contributed by atoms with Crippen molar-refractivity contribution in [1.29, 1.82) is 0 Å². The fraction of sp³-hybridized carbons (Fsp3) is 0.588. The minimum Gasteiger partial charge on any atom is -0.396 e. The SMILES string of the molecule is O=C1CCCCN1c1ccc(N2CCCC(CO)C2)cc1. The van der Waals surface area contributed by atoms with Gasteiger partial charge >= 0.3 is 0 Å². The summed E-state index contributed by atoms with van der Waals surface area (Å²) in [5.74, 6) is 0.634. The second kappa shape index (κ2) is 6.48. The fourth-order valence-electron chi connectivity index (χ4n) is 3.37. The zero-order valence-corrected chi connectivity index (χ0v) is 12.5. The van der Waals surface area contributed by atoms with Crippen molar-refractivity contribution >= 4 is 17.3 Å². The molecule has 0 bridgehead atoms. The summed E-state index contributed by atoms with van der Waals surface area (Å²) in [6.45, 7) is 3.10. The van der Waals surface area contributed by atoms with Gasteiger partial charge in [0.25, 0.3) is 0 Å². The Labute approximate surface area is 126 Å². The third-order valence-electron chi connectivity index (χ3n) is 4.63. The Hall–Kier alpha value is -1.55. The number of rotatable bonds is 3.